The van der Waals surface area contributed by atoms with Gasteiger partial charge in [0.15, 0.2) is 0 Å². The predicted molar refractivity (Wildman–Crippen MR) is 113 cm³/mol. The number of hydrogen-bond acceptors (Lipinski definition) is 5. The zero-order chi connectivity index (χ0) is 21.8. The second kappa shape index (κ2) is 8.96. The second-order valence-electron chi connectivity index (χ2n) is 7.27. The van der Waals surface area contributed by atoms with Gasteiger partial charge < -0.3 is 25.4 Å². The molecule has 8 heteroatoms. The van der Waals surface area contributed by atoms with E-state index in [9.17, 15) is 19.5 Å². The van der Waals surface area contributed by atoms with Crippen LogP contribution >= 0.6 is 0 Å². The van der Waals surface area contributed by atoms with Crippen LogP contribution < -0.4 is 15.4 Å². The van der Waals surface area contributed by atoms with E-state index in [4.69, 9.17) is 10.5 Å². The second-order valence-corrected chi connectivity index (χ2v) is 7.27. The highest BCUT2D eigenvalue weighted by Crippen LogP contribution is 2.31. The summed E-state index contributed by atoms with van der Waals surface area (Å²) >= 11 is 0. The van der Waals surface area contributed by atoms with Crippen molar-refractivity contribution in [2.75, 3.05) is 38.2 Å². The monoisotopic (exact) mass is 411 g/mol. The maximum absolute atomic E-state index is 13.2. The first-order chi connectivity index (χ1) is 14.3. The Hall–Kier alpha value is -3.39. The van der Waals surface area contributed by atoms with E-state index in [0.29, 0.717) is 30.2 Å². The van der Waals surface area contributed by atoms with E-state index < -0.39 is 11.9 Å². The first-order valence-electron chi connectivity index (χ1n) is 9.67. The van der Waals surface area contributed by atoms with Gasteiger partial charge in [-0.25, -0.2) is 0 Å². The number of nitrogens with two attached hydrogens (primary N) is 1. The Balaban J connectivity index is 1.95. The zero-order valence-corrected chi connectivity index (χ0v) is 17.0. The molecular formula is C22H25N3O5. The van der Waals surface area contributed by atoms with Crippen LogP contribution in [0.2, 0.25) is 0 Å². The van der Waals surface area contributed by atoms with E-state index >= 15 is 0 Å². The third-order valence-corrected chi connectivity index (χ3v) is 5.07. The van der Waals surface area contributed by atoms with Crippen molar-refractivity contribution in [1.29, 1.82) is 0 Å². The number of fused-ring (bicyclic) bond motifs is 1. The van der Waals surface area contributed by atoms with Crippen molar-refractivity contribution in [3.63, 3.8) is 0 Å². The molecular weight excluding hydrogens is 386 g/mol. The van der Waals surface area contributed by atoms with E-state index in [-0.39, 0.29) is 24.9 Å². The van der Waals surface area contributed by atoms with Crippen LogP contribution in [0.15, 0.2) is 42.5 Å². The molecule has 1 unspecified atom stereocenters. The lowest BCUT2D eigenvalue weighted by atomic mass is 10.0. The summed E-state index contributed by atoms with van der Waals surface area (Å²) in [5.41, 5.74) is 8.00. The number of aliphatic carboxylic acids is 1. The quantitative estimate of drug-likeness (QED) is 0.719. The van der Waals surface area contributed by atoms with E-state index in [1.165, 1.54) is 16.7 Å². The number of carbonyl (C=O) groups is 3. The minimum atomic E-state index is -1.02. The van der Waals surface area contributed by atoms with Crippen LogP contribution in [0.4, 0.5) is 5.69 Å². The number of hydrogen-bond donors (Lipinski definition) is 2. The Morgan fingerprint density at radius 2 is 1.83 bits per heavy atom. The molecule has 0 spiro atoms. The molecule has 0 aromatic heterocycles. The molecule has 0 radical (unpaired) electrons. The van der Waals surface area contributed by atoms with Crippen molar-refractivity contribution in [2.45, 2.75) is 6.92 Å². The Morgan fingerprint density at radius 1 is 1.17 bits per heavy atom. The average Bonchev–Trinajstić information content (AvgIpc) is 2.83. The normalized spacial score (nSPS) is 14.9. The number of likely N-dealkylation sites (N-methyl/N-ethyl adjacent to an activating group) is 1. The average molecular weight is 411 g/mol. The minimum absolute atomic E-state index is 0.0371. The van der Waals surface area contributed by atoms with Gasteiger partial charge in [-0.15, -0.1) is 0 Å². The predicted octanol–water partition coefficient (Wildman–Crippen LogP) is 1.83. The van der Waals surface area contributed by atoms with Crippen LogP contribution in [0, 0.1) is 5.92 Å². The van der Waals surface area contributed by atoms with E-state index in [2.05, 4.69) is 0 Å². The molecule has 0 saturated carbocycles. The van der Waals surface area contributed by atoms with Gasteiger partial charge in [-0.05, 0) is 35.4 Å². The Bertz CT molecular complexity index is 958. The van der Waals surface area contributed by atoms with Crippen molar-refractivity contribution >= 4 is 23.5 Å². The van der Waals surface area contributed by atoms with Gasteiger partial charge >= 0.3 is 5.97 Å². The Labute approximate surface area is 174 Å². The number of nitrogens with zero attached hydrogens (tertiary/aromatic N) is 2. The molecule has 0 fully saturated rings. The van der Waals surface area contributed by atoms with Crippen LogP contribution in [0.3, 0.4) is 0 Å². The molecule has 1 heterocycles. The SMILES string of the molecule is CC(CN1CC(=O)N(C)c2ccc(-c3ccc(OCCN)cc3)cc2C1=O)C(=O)O. The number of carboxylic acids is 1. The van der Waals surface area contributed by atoms with Gasteiger partial charge in [0.05, 0.1) is 17.2 Å². The van der Waals surface area contributed by atoms with Gasteiger partial charge in [0.1, 0.15) is 18.9 Å². The van der Waals surface area contributed by atoms with Crippen LogP contribution in [-0.4, -0.2) is 61.1 Å². The molecule has 0 aliphatic carbocycles. The Kier molecular flexibility index (Phi) is 6.37. The van der Waals surface area contributed by atoms with Gasteiger partial charge in [0.25, 0.3) is 5.91 Å². The third-order valence-electron chi connectivity index (χ3n) is 5.07. The zero-order valence-electron chi connectivity index (χ0n) is 17.0. The molecule has 1 aliphatic rings. The number of carboxylic acid groups (broad SMARTS) is 1. The molecule has 3 rings (SSSR count). The summed E-state index contributed by atoms with van der Waals surface area (Å²) < 4.78 is 5.49. The number of benzene rings is 2. The molecule has 0 saturated heterocycles. The van der Waals surface area contributed by atoms with Crippen molar-refractivity contribution < 1.29 is 24.2 Å². The van der Waals surface area contributed by atoms with Crippen molar-refractivity contribution in [2.24, 2.45) is 11.7 Å². The highest BCUT2D eigenvalue weighted by molar-refractivity contribution is 6.10. The molecule has 2 aromatic carbocycles. The Morgan fingerprint density at radius 3 is 2.47 bits per heavy atom. The number of anilines is 1. The van der Waals surface area contributed by atoms with Crippen LogP contribution in [0.25, 0.3) is 11.1 Å². The number of ether oxygens (including phenoxy) is 1. The molecule has 2 amide bonds. The molecule has 1 aliphatic heterocycles. The van der Waals surface area contributed by atoms with Crippen LogP contribution in [0.1, 0.15) is 17.3 Å². The fraction of sp³-hybridized carbons (Fsp3) is 0.318. The molecule has 158 valence electrons. The smallest absolute Gasteiger partial charge is 0.308 e. The highest BCUT2D eigenvalue weighted by Gasteiger charge is 2.31. The van der Waals surface area contributed by atoms with Gasteiger partial charge in [0, 0.05) is 20.1 Å². The standard InChI is InChI=1S/C22H25N3O5/c1-14(22(28)29)12-25-13-20(26)24(2)19-8-5-16(11-18(19)21(25)27)15-3-6-17(7-4-15)30-10-9-23/h3-8,11,14H,9-10,12-13,23H2,1-2H3,(H,28,29). The van der Waals surface area contributed by atoms with Crippen LogP contribution in [0.5, 0.6) is 5.75 Å². The van der Waals surface area contributed by atoms with Crippen LogP contribution in [-0.2, 0) is 9.59 Å². The molecule has 3 N–H and O–H groups in total. The van der Waals surface area contributed by atoms with E-state index in [1.54, 1.807) is 19.2 Å². The maximum atomic E-state index is 13.2. The summed E-state index contributed by atoms with van der Waals surface area (Å²) in [6, 6.07) is 12.7. The topological polar surface area (TPSA) is 113 Å². The molecule has 8 nitrogen and oxygen atoms in total. The van der Waals surface area contributed by atoms with Gasteiger partial charge in [-0.2, -0.15) is 0 Å². The van der Waals surface area contributed by atoms with Gasteiger partial charge in [0.2, 0.25) is 5.91 Å². The molecule has 1 atom stereocenters. The summed E-state index contributed by atoms with van der Waals surface area (Å²) in [4.78, 5) is 39.7. The first-order valence-corrected chi connectivity index (χ1v) is 9.67. The third kappa shape index (κ3) is 4.44. The molecule has 0 bridgehead atoms. The summed E-state index contributed by atoms with van der Waals surface area (Å²) in [6.45, 7) is 2.17. The number of amides is 2. The lowest BCUT2D eigenvalue weighted by molar-refractivity contribution is -0.141. The van der Waals surface area contributed by atoms with Crippen molar-refractivity contribution in [3.8, 4) is 16.9 Å². The van der Waals surface area contributed by atoms with E-state index in [0.717, 1.165) is 11.1 Å². The fourth-order valence-corrected chi connectivity index (χ4v) is 3.30. The molecule has 30 heavy (non-hydrogen) atoms. The summed E-state index contributed by atoms with van der Waals surface area (Å²) in [6.07, 6.45) is 0. The lowest BCUT2D eigenvalue weighted by Gasteiger charge is -2.22. The summed E-state index contributed by atoms with van der Waals surface area (Å²) in [5, 5.41) is 9.20. The van der Waals surface area contributed by atoms with Crippen molar-refractivity contribution in [1.82, 2.24) is 4.90 Å². The van der Waals surface area contributed by atoms with Gasteiger partial charge in [-0.1, -0.05) is 25.1 Å². The largest absolute Gasteiger partial charge is 0.492 e. The van der Waals surface area contributed by atoms with Gasteiger partial charge in [-0.3, -0.25) is 14.4 Å². The number of carbonyl (C=O) groups excluding carboxylic acids is 2. The maximum Gasteiger partial charge on any atom is 0.308 e. The van der Waals surface area contributed by atoms with E-state index in [1.807, 2.05) is 30.3 Å². The number of rotatable bonds is 7. The first kappa shape index (κ1) is 21.3. The van der Waals surface area contributed by atoms with Crippen molar-refractivity contribution in [3.05, 3.63) is 48.0 Å². The fourth-order valence-electron chi connectivity index (χ4n) is 3.30. The highest BCUT2D eigenvalue weighted by atomic mass is 16.5. The summed E-state index contributed by atoms with van der Waals surface area (Å²) in [5.74, 6) is -1.72. The lowest BCUT2D eigenvalue weighted by Crippen LogP contribution is -2.41. The summed E-state index contributed by atoms with van der Waals surface area (Å²) in [7, 11) is 1.61. The molecule has 2 aromatic rings. The minimum Gasteiger partial charge on any atom is -0.492 e.